The number of nitrogens with zero attached hydrogens (tertiary/aromatic N) is 1. The van der Waals surface area contributed by atoms with Crippen LogP contribution in [0.1, 0.15) is 67.2 Å². The van der Waals surface area contributed by atoms with Crippen molar-refractivity contribution in [3.05, 3.63) is 81.2 Å². The molecule has 2 aliphatic rings. The van der Waals surface area contributed by atoms with Gasteiger partial charge in [0, 0.05) is 33.6 Å². The smallest absolute Gasteiger partial charge is 0.128 e. The van der Waals surface area contributed by atoms with Crippen LogP contribution in [0, 0.1) is 10.8 Å². The van der Waals surface area contributed by atoms with E-state index in [1.807, 2.05) is 11.3 Å². The van der Waals surface area contributed by atoms with Crippen LogP contribution in [-0.2, 0) is 25.7 Å². The summed E-state index contributed by atoms with van der Waals surface area (Å²) in [5.74, 6) is 0.694. The van der Waals surface area contributed by atoms with Crippen LogP contribution in [0.5, 0.6) is 0 Å². The van der Waals surface area contributed by atoms with E-state index in [1.54, 1.807) is 0 Å². The van der Waals surface area contributed by atoms with Crippen molar-refractivity contribution < 1.29 is 0 Å². The number of allylic oxidation sites excluding steroid dienone is 2. The number of rotatable bonds is 7. The van der Waals surface area contributed by atoms with Crippen molar-refractivity contribution >= 4 is 27.3 Å². The Labute approximate surface area is 202 Å². The number of nitrogens with one attached hydrogen (secondary N) is 1. The lowest BCUT2D eigenvalue weighted by atomic mass is 9.87. The molecular weight excluding hydrogens is 420 g/mol. The van der Waals surface area contributed by atoms with Gasteiger partial charge in [0.05, 0.1) is 0 Å². The molecular formula is C30H36N2S. The molecule has 1 unspecified atom stereocenters. The van der Waals surface area contributed by atoms with Gasteiger partial charge < -0.3 is 4.90 Å². The Morgan fingerprint density at radius 1 is 0.939 bits per heavy atom. The Hall–Kier alpha value is -2.39. The fourth-order valence-corrected chi connectivity index (χ4v) is 6.79. The van der Waals surface area contributed by atoms with Crippen molar-refractivity contribution in [1.82, 2.24) is 4.90 Å². The molecule has 33 heavy (non-hydrogen) atoms. The number of hydrogen-bond donors (Lipinski definition) is 1. The van der Waals surface area contributed by atoms with Crippen LogP contribution in [0.3, 0.4) is 0 Å². The van der Waals surface area contributed by atoms with E-state index in [1.165, 1.54) is 56.5 Å². The third-order valence-corrected chi connectivity index (χ3v) is 8.85. The SMILES string of the molecule is CCc1cc2cc(CC3(Cc4ccc(C(=N)N5CCCCC5)cc4)C=C3C)sc2cc1CC. The van der Waals surface area contributed by atoms with E-state index in [9.17, 15) is 0 Å². The van der Waals surface area contributed by atoms with Gasteiger partial charge in [0.1, 0.15) is 5.84 Å². The van der Waals surface area contributed by atoms with Gasteiger partial charge in [0.15, 0.2) is 0 Å². The average molecular weight is 457 g/mol. The first-order valence-corrected chi connectivity index (χ1v) is 13.5. The minimum atomic E-state index is 0.198. The normalized spacial score (nSPS) is 20.2. The maximum absolute atomic E-state index is 8.60. The van der Waals surface area contributed by atoms with Crippen LogP contribution in [0.4, 0.5) is 0 Å². The molecule has 0 saturated carbocycles. The predicted octanol–water partition coefficient (Wildman–Crippen LogP) is 7.57. The molecule has 1 fully saturated rings. The summed E-state index contributed by atoms with van der Waals surface area (Å²) in [6.45, 7) is 8.88. The fourth-order valence-electron chi connectivity index (χ4n) is 5.55. The summed E-state index contributed by atoms with van der Waals surface area (Å²) in [5, 5.41) is 10.0. The van der Waals surface area contributed by atoms with Gasteiger partial charge in [-0.25, -0.2) is 0 Å². The van der Waals surface area contributed by atoms with Gasteiger partial charge in [0.2, 0.25) is 0 Å². The lowest BCUT2D eigenvalue weighted by Gasteiger charge is -2.29. The van der Waals surface area contributed by atoms with Crippen molar-refractivity contribution in [3.8, 4) is 0 Å². The third kappa shape index (κ3) is 4.53. The zero-order valence-corrected chi connectivity index (χ0v) is 21.2. The Bertz CT molecular complexity index is 1150. The molecule has 1 N–H and O–H groups in total. The van der Waals surface area contributed by atoms with E-state index >= 15 is 0 Å². The standard InChI is InChI=1S/C30H36N2S/c1-4-23-15-26-16-27(33-28(26)17-24(23)5-2)20-30(18-21(30)3)19-22-9-11-25(12-10-22)29(31)32-13-7-6-8-14-32/h9-12,15-18,31H,4-8,13-14,19-20H2,1-3H3. The molecule has 2 heterocycles. The van der Waals surface area contributed by atoms with Crippen molar-refractivity contribution in [3.63, 3.8) is 0 Å². The molecule has 0 bridgehead atoms. The summed E-state index contributed by atoms with van der Waals surface area (Å²) in [4.78, 5) is 3.74. The van der Waals surface area contributed by atoms with E-state index in [2.05, 4.69) is 74.2 Å². The van der Waals surface area contributed by atoms with E-state index < -0.39 is 0 Å². The monoisotopic (exact) mass is 456 g/mol. The molecule has 0 amide bonds. The quantitative estimate of drug-likeness (QED) is 0.221. The number of thiophene rings is 1. The minimum Gasteiger partial charge on any atom is -0.357 e. The van der Waals surface area contributed by atoms with Gasteiger partial charge in [-0.2, -0.15) is 0 Å². The Balaban J connectivity index is 1.30. The molecule has 5 rings (SSSR count). The summed E-state index contributed by atoms with van der Waals surface area (Å²) in [6.07, 6.45) is 10.6. The number of benzene rings is 2. The highest BCUT2D eigenvalue weighted by Crippen LogP contribution is 2.50. The molecule has 1 atom stereocenters. The van der Waals surface area contributed by atoms with Gasteiger partial charge >= 0.3 is 0 Å². The molecule has 172 valence electrons. The molecule has 0 spiro atoms. The second-order valence-electron chi connectivity index (χ2n) is 10.0. The number of piperidine rings is 1. The lowest BCUT2D eigenvalue weighted by molar-refractivity contribution is 0.341. The maximum atomic E-state index is 8.60. The zero-order chi connectivity index (χ0) is 23.0. The maximum Gasteiger partial charge on any atom is 0.128 e. The molecule has 1 saturated heterocycles. The van der Waals surface area contributed by atoms with Crippen molar-refractivity contribution in [1.29, 1.82) is 5.41 Å². The van der Waals surface area contributed by atoms with Crippen molar-refractivity contribution in [2.75, 3.05) is 13.1 Å². The molecule has 3 heteroatoms. The largest absolute Gasteiger partial charge is 0.357 e. The number of amidine groups is 1. The molecule has 1 aliphatic heterocycles. The van der Waals surface area contributed by atoms with E-state index in [0.717, 1.165) is 44.3 Å². The number of likely N-dealkylation sites (tertiary alicyclic amines) is 1. The van der Waals surface area contributed by atoms with Crippen LogP contribution in [0.15, 0.2) is 54.1 Å². The van der Waals surface area contributed by atoms with Crippen LogP contribution in [-0.4, -0.2) is 23.8 Å². The first-order chi connectivity index (χ1) is 16.0. The summed E-state index contributed by atoms with van der Waals surface area (Å²) in [5.41, 5.74) is 7.15. The zero-order valence-electron chi connectivity index (χ0n) is 20.3. The van der Waals surface area contributed by atoms with Crippen LogP contribution < -0.4 is 0 Å². The minimum absolute atomic E-state index is 0.198. The molecule has 1 aromatic heterocycles. The van der Waals surface area contributed by atoms with Crippen molar-refractivity contribution in [2.24, 2.45) is 5.41 Å². The van der Waals surface area contributed by atoms with Gasteiger partial charge in [-0.1, -0.05) is 55.8 Å². The molecule has 1 aliphatic carbocycles. The summed E-state index contributed by atoms with van der Waals surface area (Å²) >= 11 is 1.98. The molecule has 3 aromatic rings. The van der Waals surface area contributed by atoms with E-state index in [-0.39, 0.29) is 5.41 Å². The molecule has 0 radical (unpaired) electrons. The molecule has 2 nitrogen and oxygen atoms in total. The van der Waals surface area contributed by atoms with E-state index in [0.29, 0.717) is 5.84 Å². The van der Waals surface area contributed by atoms with Crippen LogP contribution >= 0.6 is 11.3 Å². The van der Waals surface area contributed by atoms with Crippen molar-refractivity contribution in [2.45, 2.75) is 65.7 Å². The summed E-state index contributed by atoms with van der Waals surface area (Å²) in [7, 11) is 0. The van der Waals surface area contributed by atoms with Gasteiger partial charge in [-0.05, 0) is 86.1 Å². The Morgan fingerprint density at radius 2 is 1.61 bits per heavy atom. The van der Waals surface area contributed by atoms with Gasteiger partial charge in [-0.15, -0.1) is 11.3 Å². The van der Waals surface area contributed by atoms with Crippen LogP contribution in [0.2, 0.25) is 0 Å². The highest BCUT2D eigenvalue weighted by Gasteiger charge is 2.41. The highest BCUT2D eigenvalue weighted by atomic mass is 32.1. The van der Waals surface area contributed by atoms with Gasteiger partial charge in [0.25, 0.3) is 0 Å². The lowest BCUT2D eigenvalue weighted by Crippen LogP contribution is -2.35. The second-order valence-corrected chi connectivity index (χ2v) is 11.2. The summed E-state index contributed by atoms with van der Waals surface area (Å²) in [6, 6.07) is 16.1. The second kappa shape index (κ2) is 9.10. The first-order valence-electron chi connectivity index (χ1n) is 12.7. The Morgan fingerprint density at radius 3 is 2.24 bits per heavy atom. The highest BCUT2D eigenvalue weighted by molar-refractivity contribution is 7.19. The van der Waals surface area contributed by atoms with Gasteiger partial charge in [-0.3, -0.25) is 5.41 Å². The number of fused-ring (bicyclic) bond motifs is 1. The predicted molar refractivity (Wildman–Crippen MR) is 143 cm³/mol. The Kier molecular flexibility index (Phi) is 6.18. The van der Waals surface area contributed by atoms with Crippen LogP contribution in [0.25, 0.3) is 10.1 Å². The third-order valence-electron chi connectivity index (χ3n) is 7.76. The first kappa shape index (κ1) is 22.4. The molecule has 2 aromatic carbocycles. The fraction of sp³-hybridized carbons (Fsp3) is 0.433. The summed E-state index contributed by atoms with van der Waals surface area (Å²) < 4.78 is 1.44. The average Bonchev–Trinajstić information content (AvgIpc) is 3.28. The van der Waals surface area contributed by atoms with E-state index in [4.69, 9.17) is 5.41 Å². The number of hydrogen-bond acceptors (Lipinski definition) is 2. The topological polar surface area (TPSA) is 27.1 Å². The number of aryl methyl sites for hydroxylation is 2.